The Kier molecular flexibility index (Phi) is 6.53. The number of nitrogens with one attached hydrogen (secondary N) is 2. The van der Waals surface area contributed by atoms with E-state index in [1.165, 1.54) is 6.34 Å². The van der Waals surface area contributed by atoms with Crippen LogP contribution in [0, 0.1) is 12.3 Å². The molecule has 0 bridgehead atoms. The van der Waals surface area contributed by atoms with Crippen LogP contribution in [0.15, 0.2) is 64.1 Å². The molecule has 0 radical (unpaired) electrons. The lowest BCUT2D eigenvalue weighted by molar-refractivity contribution is -0.111. The molecule has 1 unspecified atom stereocenters. The number of amides is 1. The highest BCUT2D eigenvalue weighted by atomic mass is 19.3. The van der Waals surface area contributed by atoms with Crippen LogP contribution in [0.25, 0.3) is 5.57 Å². The summed E-state index contributed by atoms with van der Waals surface area (Å²) in [5.74, 6) is -0.527. The number of aromatic amines is 1. The number of likely N-dealkylation sites (tertiary alicyclic amines) is 1. The summed E-state index contributed by atoms with van der Waals surface area (Å²) in [5.41, 5.74) is 4.22. The highest BCUT2D eigenvalue weighted by molar-refractivity contribution is 6.03. The van der Waals surface area contributed by atoms with E-state index in [4.69, 9.17) is 11.2 Å². The molecule has 1 fully saturated rings. The van der Waals surface area contributed by atoms with Crippen LogP contribution in [-0.4, -0.2) is 47.7 Å². The largest absolute Gasteiger partial charge is 0.464 e. The third kappa shape index (κ3) is 5.44. The number of carbonyl (C=O) groups is 1. The number of aliphatic imine (C=N–C) groups is 1. The first-order valence-corrected chi connectivity index (χ1v) is 11.7. The Morgan fingerprint density at radius 2 is 2.11 bits per heavy atom. The van der Waals surface area contributed by atoms with Gasteiger partial charge >= 0.3 is 0 Å². The number of rotatable bonds is 5. The van der Waals surface area contributed by atoms with Gasteiger partial charge in [0.2, 0.25) is 6.23 Å². The Morgan fingerprint density at radius 1 is 1.28 bits per heavy atom. The van der Waals surface area contributed by atoms with Crippen LogP contribution in [-0.2, 0) is 4.79 Å². The lowest BCUT2D eigenvalue weighted by atomic mass is 10.00. The van der Waals surface area contributed by atoms with Gasteiger partial charge in [-0.3, -0.25) is 9.69 Å². The molecule has 1 atom stereocenters. The number of allylic oxidation sites excluding steroid dienone is 2. The van der Waals surface area contributed by atoms with E-state index in [1.807, 2.05) is 18.1 Å². The lowest BCUT2D eigenvalue weighted by Gasteiger charge is -2.32. The zero-order valence-corrected chi connectivity index (χ0v) is 19.5. The first-order valence-electron chi connectivity index (χ1n) is 11.7. The lowest BCUT2D eigenvalue weighted by Crippen LogP contribution is -2.40. The van der Waals surface area contributed by atoms with Crippen LogP contribution in [0.1, 0.15) is 31.1 Å². The van der Waals surface area contributed by atoms with Gasteiger partial charge in [0.25, 0.3) is 11.8 Å². The van der Waals surface area contributed by atoms with Crippen molar-refractivity contribution >= 4 is 23.5 Å². The molecule has 184 valence electrons. The molecule has 3 aliphatic rings. The number of alkyl halides is 2. The second kappa shape index (κ2) is 9.91. The number of carbonyl (C=O) groups excluding carboxylic acids is 1. The molecule has 1 aromatic carbocycles. The SMILES string of the molecule is C#CC(=O)Nc1cccc(OC2N=CN=c3[nH]c(=C4C=CC(CN5CCC(F)(F)CC5)=CC4)cc32)c1. The summed E-state index contributed by atoms with van der Waals surface area (Å²) in [7, 11) is 0. The molecule has 2 aliphatic heterocycles. The monoisotopic (exact) mass is 489 g/mol. The number of halogens is 2. The van der Waals surface area contributed by atoms with Gasteiger partial charge < -0.3 is 15.0 Å². The second-order valence-corrected chi connectivity index (χ2v) is 8.95. The number of piperidine rings is 1. The summed E-state index contributed by atoms with van der Waals surface area (Å²) in [6.07, 6.45) is 12.8. The first kappa shape index (κ1) is 23.7. The molecule has 3 heterocycles. The maximum atomic E-state index is 13.4. The van der Waals surface area contributed by atoms with E-state index in [9.17, 15) is 13.6 Å². The fourth-order valence-corrected chi connectivity index (χ4v) is 4.40. The normalized spacial score (nSPS) is 22.1. The number of ether oxygens (including phenoxy) is 1. The number of H-pyrrole nitrogens is 1. The van der Waals surface area contributed by atoms with E-state index < -0.39 is 18.1 Å². The number of fused-ring (bicyclic) bond motifs is 1. The minimum absolute atomic E-state index is 0.0754. The summed E-state index contributed by atoms with van der Waals surface area (Å²) < 4.78 is 32.9. The predicted molar refractivity (Wildman–Crippen MR) is 133 cm³/mol. The Bertz CT molecular complexity index is 1420. The molecule has 5 rings (SSSR count). The van der Waals surface area contributed by atoms with Crippen LogP contribution >= 0.6 is 0 Å². The van der Waals surface area contributed by atoms with E-state index in [0.717, 1.165) is 28.5 Å². The van der Waals surface area contributed by atoms with E-state index in [1.54, 1.807) is 24.3 Å². The van der Waals surface area contributed by atoms with Crippen LogP contribution in [0.5, 0.6) is 5.75 Å². The van der Waals surface area contributed by atoms with Gasteiger partial charge in [0.05, 0.1) is 5.56 Å². The highest BCUT2D eigenvalue weighted by Crippen LogP contribution is 2.29. The van der Waals surface area contributed by atoms with Gasteiger partial charge in [-0.2, -0.15) is 0 Å². The maximum Gasteiger partial charge on any atom is 0.300 e. The van der Waals surface area contributed by atoms with Crippen LogP contribution in [0.3, 0.4) is 0 Å². The van der Waals surface area contributed by atoms with Crippen molar-refractivity contribution in [3.63, 3.8) is 0 Å². The van der Waals surface area contributed by atoms with Gasteiger partial charge in [0.1, 0.15) is 17.6 Å². The third-order valence-electron chi connectivity index (χ3n) is 6.37. The van der Waals surface area contributed by atoms with Crippen molar-refractivity contribution in [1.29, 1.82) is 0 Å². The highest BCUT2D eigenvalue weighted by Gasteiger charge is 2.33. The van der Waals surface area contributed by atoms with Crippen molar-refractivity contribution in [3.05, 3.63) is 70.5 Å². The van der Waals surface area contributed by atoms with Crippen molar-refractivity contribution in [2.24, 2.45) is 9.98 Å². The molecular formula is C27H25F2N5O2. The van der Waals surface area contributed by atoms with E-state index >= 15 is 0 Å². The Hall–Kier alpha value is -4.03. The minimum Gasteiger partial charge on any atom is -0.464 e. The number of nitrogens with zero attached hydrogens (tertiary/aromatic N) is 3. The number of aromatic nitrogens is 1. The van der Waals surface area contributed by atoms with Gasteiger partial charge in [-0.15, -0.1) is 6.42 Å². The van der Waals surface area contributed by atoms with E-state index in [0.29, 0.717) is 36.6 Å². The van der Waals surface area contributed by atoms with Crippen LogP contribution in [0.4, 0.5) is 14.5 Å². The number of anilines is 1. The molecule has 2 N–H and O–H groups in total. The maximum absolute atomic E-state index is 13.4. The average Bonchev–Trinajstić information content (AvgIpc) is 3.31. The molecule has 1 aliphatic carbocycles. The molecule has 36 heavy (non-hydrogen) atoms. The average molecular weight is 490 g/mol. The number of hydrogen-bond donors (Lipinski definition) is 2. The zero-order valence-electron chi connectivity index (χ0n) is 19.5. The Balaban J connectivity index is 1.28. The van der Waals surface area contributed by atoms with Crippen LogP contribution < -0.4 is 20.9 Å². The molecular weight excluding hydrogens is 464 g/mol. The fourth-order valence-electron chi connectivity index (χ4n) is 4.40. The van der Waals surface area contributed by atoms with Gasteiger partial charge in [-0.1, -0.05) is 24.3 Å². The standard InChI is InChI=1S/C27H25F2N5O2/c1-2-24(35)32-20-4-3-5-21(14-20)36-26-22-15-23(33-25(22)30-17-31-26)19-8-6-18(7-9-19)16-34-12-10-27(28,29)11-13-34/h1,3-8,14-15,17,26H,9-13,16H2,(H,32,35)(H,30,31,33). The van der Waals surface area contributed by atoms with Crippen molar-refractivity contribution in [2.75, 3.05) is 25.0 Å². The van der Waals surface area contributed by atoms with Gasteiger partial charge in [0.15, 0.2) is 0 Å². The molecule has 1 saturated heterocycles. The van der Waals surface area contributed by atoms with Crippen LogP contribution in [0.2, 0.25) is 0 Å². The second-order valence-electron chi connectivity index (χ2n) is 8.95. The molecule has 9 heteroatoms. The summed E-state index contributed by atoms with van der Waals surface area (Å²) in [4.78, 5) is 25.6. The molecule has 0 spiro atoms. The summed E-state index contributed by atoms with van der Waals surface area (Å²) in [5, 5.41) is 3.52. The summed E-state index contributed by atoms with van der Waals surface area (Å²) >= 11 is 0. The van der Waals surface area contributed by atoms with Crippen molar-refractivity contribution in [3.8, 4) is 18.1 Å². The summed E-state index contributed by atoms with van der Waals surface area (Å²) in [6, 6.07) is 8.90. The fraction of sp³-hybridized carbons (Fsp3) is 0.296. The van der Waals surface area contributed by atoms with Crippen molar-refractivity contribution in [1.82, 2.24) is 9.88 Å². The molecule has 2 aromatic rings. The minimum atomic E-state index is -2.53. The topological polar surface area (TPSA) is 82.1 Å². The molecule has 7 nitrogen and oxygen atoms in total. The smallest absolute Gasteiger partial charge is 0.300 e. The Labute approximate surface area is 207 Å². The van der Waals surface area contributed by atoms with Gasteiger partial charge in [-0.05, 0) is 41.7 Å². The molecule has 0 saturated carbocycles. The van der Waals surface area contributed by atoms with Gasteiger partial charge in [-0.25, -0.2) is 18.8 Å². The number of hydrogen-bond acceptors (Lipinski definition) is 5. The van der Waals surface area contributed by atoms with Gasteiger partial charge in [0, 0.05) is 49.6 Å². The number of terminal acetylenes is 1. The van der Waals surface area contributed by atoms with E-state index in [-0.39, 0.29) is 12.8 Å². The van der Waals surface area contributed by atoms with Crippen molar-refractivity contribution < 1.29 is 18.3 Å². The first-order chi connectivity index (χ1) is 17.4. The molecule has 1 aromatic heterocycles. The molecule has 1 amide bonds. The number of benzene rings is 1. The third-order valence-corrected chi connectivity index (χ3v) is 6.37. The van der Waals surface area contributed by atoms with E-state index in [2.05, 4.69) is 37.3 Å². The summed E-state index contributed by atoms with van der Waals surface area (Å²) in [6.45, 7) is 1.52. The predicted octanol–water partition coefficient (Wildman–Crippen LogP) is 3.09. The quantitative estimate of drug-likeness (QED) is 0.634. The Morgan fingerprint density at radius 3 is 2.86 bits per heavy atom. The zero-order chi connectivity index (χ0) is 25.1. The van der Waals surface area contributed by atoms with Crippen molar-refractivity contribution in [2.45, 2.75) is 31.4 Å².